The van der Waals surface area contributed by atoms with Gasteiger partial charge in [-0.1, -0.05) is 11.6 Å². The molecule has 0 saturated heterocycles. The Hall–Kier alpha value is -3.33. The summed E-state index contributed by atoms with van der Waals surface area (Å²) in [5.74, 6) is 0.463. The summed E-state index contributed by atoms with van der Waals surface area (Å²) in [7, 11) is 0. The number of aromatic nitrogens is 3. The predicted molar refractivity (Wildman–Crippen MR) is 115 cm³/mol. The second kappa shape index (κ2) is 9.00. The smallest absolute Gasteiger partial charge is 0.411 e. The summed E-state index contributed by atoms with van der Waals surface area (Å²) in [6.45, 7) is 7.05. The average Bonchev–Trinajstić information content (AvgIpc) is 3.05. The topological polar surface area (TPSA) is 118 Å². The quantitative estimate of drug-likeness (QED) is 0.511. The Morgan fingerprint density at radius 1 is 1.00 bits per heavy atom. The second-order valence-electron chi connectivity index (χ2n) is 7.03. The van der Waals surface area contributed by atoms with E-state index in [4.69, 9.17) is 21.1 Å². The lowest BCUT2D eigenvalue weighted by Gasteiger charge is -2.10. The van der Waals surface area contributed by atoms with Gasteiger partial charge in [0.2, 0.25) is 0 Å². The maximum atomic E-state index is 11.8. The van der Waals surface area contributed by atoms with Gasteiger partial charge in [0.05, 0.1) is 34.6 Å². The molecule has 1 aromatic carbocycles. The zero-order valence-corrected chi connectivity index (χ0v) is 17.7. The number of aromatic amines is 1. The molecule has 9 nitrogen and oxygen atoms in total. The van der Waals surface area contributed by atoms with E-state index in [1.165, 1.54) is 6.20 Å². The van der Waals surface area contributed by atoms with Crippen LogP contribution >= 0.6 is 11.6 Å². The number of hydrogen-bond acceptors (Lipinski definition) is 6. The number of hydrogen-bond donors (Lipinski definition) is 3. The summed E-state index contributed by atoms with van der Waals surface area (Å²) in [5.41, 5.74) is 2.58. The highest BCUT2D eigenvalue weighted by atomic mass is 35.5. The minimum absolute atomic E-state index is 0.235. The number of fused-ring (bicyclic) bond motifs is 1. The van der Waals surface area contributed by atoms with E-state index in [1.807, 2.05) is 0 Å². The molecule has 0 fully saturated rings. The monoisotopic (exact) mass is 431 g/mol. The van der Waals surface area contributed by atoms with E-state index >= 15 is 0 Å². The van der Waals surface area contributed by atoms with Crippen LogP contribution in [-0.2, 0) is 9.47 Å². The lowest BCUT2D eigenvalue weighted by molar-refractivity contribution is 0.129. The number of nitrogens with zero attached hydrogens (tertiary/aromatic N) is 2. The molecule has 0 aliphatic rings. The molecule has 2 heterocycles. The fourth-order valence-electron chi connectivity index (χ4n) is 2.60. The number of benzene rings is 1. The van der Waals surface area contributed by atoms with E-state index in [-0.39, 0.29) is 12.2 Å². The van der Waals surface area contributed by atoms with Crippen LogP contribution in [0.3, 0.4) is 0 Å². The average molecular weight is 432 g/mol. The first-order valence-electron chi connectivity index (χ1n) is 9.32. The first-order chi connectivity index (χ1) is 14.2. The SMILES string of the molecule is CC(C)OC(=O)Nc1ccc(Cl)c(-c2nc3ncc(NC(=O)OC(C)C)cc3[nH]2)c1. The number of anilines is 2. The number of imidazole rings is 1. The van der Waals surface area contributed by atoms with Crippen LogP contribution in [0.2, 0.25) is 5.02 Å². The Balaban J connectivity index is 1.85. The first kappa shape index (κ1) is 21.4. The van der Waals surface area contributed by atoms with Gasteiger partial charge in [-0.3, -0.25) is 10.6 Å². The molecule has 2 amide bonds. The molecule has 10 heteroatoms. The fourth-order valence-corrected chi connectivity index (χ4v) is 2.81. The molecule has 0 unspecified atom stereocenters. The molecule has 0 spiro atoms. The van der Waals surface area contributed by atoms with Crippen molar-refractivity contribution in [1.29, 1.82) is 0 Å². The standard InChI is InChI=1S/C20H22ClN5O4/c1-10(2)29-19(27)23-12-5-6-15(21)14(7-12)17-25-16-8-13(9-22-18(16)26-17)24-20(28)30-11(3)4/h5-11H,1-4H3,(H,23,27)(H,24,28)(H,22,25,26). The van der Waals surface area contributed by atoms with Crippen LogP contribution in [0, 0.1) is 0 Å². The number of H-pyrrole nitrogens is 1. The second-order valence-corrected chi connectivity index (χ2v) is 7.44. The zero-order valence-electron chi connectivity index (χ0n) is 16.9. The van der Waals surface area contributed by atoms with Crippen LogP contribution in [0.5, 0.6) is 0 Å². The van der Waals surface area contributed by atoms with Gasteiger partial charge in [-0.25, -0.2) is 19.6 Å². The highest BCUT2D eigenvalue weighted by Gasteiger charge is 2.14. The Morgan fingerprint density at radius 3 is 2.27 bits per heavy atom. The van der Waals surface area contributed by atoms with Crippen LogP contribution in [0.15, 0.2) is 30.5 Å². The van der Waals surface area contributed by atoms with Gasteiger partial charge < -0.3 is 14.5 Å². The van der Waals surface area contributed by atoms with Crippen molar-refractivity contribution in [1.82, 2.24) is 15.0 Å². The normalized spacial score (nSPS) is 11.0. The summed E-state index contributed by atoms with van der Waals surface area (Å²) >= 11 is 6.33. The summed E-state index contributed by atoms with van der Waals surface area (Å²) in [4.78, 5) is 35.4. The Morgan fingerprint density at radius 2 is 1.63 bits per heavy atom. The van der Waals surface area contributed by atoms with Gasteiger partial charge in [0.25, 0.3) is 0 Å². The van der Waals surface area contributed by atoms with Crippen LogP contribution < -0.4 is 10.6 Å². The zero-order chi connectivity index (χ0) is 21.8. The number of rotatable bonds is 5. The number of carbonyl (C=O) groups excluding carboxylic acids is 2. The van der Waals surface area contributed by atoms with Gasteiger partial charge >= 0.3 is 12.2 Å². The molecular weight excluding hydrogens is 410 g/mol. The van der Waals surface area contributed by atoms with Gasteiger partial charge in [-0.15, -0.1) is 0 Å². The van der Waals surface area contributed by atoms with E-state index < -0.39 is 12.2 Å². The van der Waals surface area contributed by atoms with E-state index in [1.54, 1.807) is 52.0 Å². The number of amides is 2. The number of halogens is 1. The van der Waals surface area contributed by atoms with Crippen molar-refractivity contribution < 1.29 is 19.1 Å². The van der Waals surface area contributed by atoms with Crippen molar-refractivity contribution in [2.45, 2.75) is 39.9 Å². The number of pyridine rings is 1. The minimum Gasteiger partial charge on any atom is -0.447 e. The third kappa shape index (κ3) is 5.38. The molecule has 0 atom stereocenters. The Kier molecular flexibility index (Phi) is 6.41. The van der Waals surface area contributed by atoms with Crippen LogP contribution in [0.1, 0.15) is 27.7 Å². The van der Waals surface area contributed by atoms with Crippen LogP contribution in [0.4, 0.5) is 21.0 Å². The van der Waals surface area contributed by atoms with Crippen molar-refractivity contribution in [3.8, 4) is 11.4 Å². The molecule has 0 saturated carbocycles. The first-order valence-corrected chi connectivity index (χ1v) is 9.70. The van der Waals surface area contributed by atoms with Gasteiger partial charge in [-0.05, 0) is 52.0 Å². The lowest BCUT2D eigenvalue weighted by Crippen LogP contribution is -2.18. The van der Waals surface area contributed by atoms with Gasteiger partial charge in [0.15, 0.2) is 5.65 Å². The van der Waals surface area contributed by atoms with Gasteiger partial charge in [0.1, 0.15) is 5.82 Å². The van der Waals surface area contributed by atoms with E-state index in [9.17, 15) is 9.59 Å². The highest BCUT2D eigenvalue weighted by molar-refractivity contribution is 6.33. The molecule has 0 radical (unpaired) electrons. The maximum absolute atomic E-state index is 11.8. The molecular formula is C20H22ClN5O4. The molecule has 0 bridgehead atoms. The molecule has 30 heavy (non-hydrogen) atoms. The minimum atomic E-state index is -0.569. The van der Waals surface area contributed by atoms with Gasteiger partial charge in [0, 0.05) is 11.3 Å². The summed E-state index contributed by atoms with van der Waals surface area (Å²) in [6, 6.07) is 6.69. The molecule has 3 N–H and O–H groups in total. The van der Waals surface area contributed by atoms with Crippen molar-refractivity contribution in [3.63, 3.8) is 0 Å². The molecule has 0 aliphatic heterocycles. The van der Waals surface area contributed by atoms with Crippen molar-refractivity contribution in [2.75, 3.05) is 10.6 Å². The van der Waals surface area contributed by atoms with Crippen LogP contribution in [-0.4, -0.2) is 39.3 Å². The molecule has 0 aliphatic carbocycles. The largest absolute Gasteiger partial charge is 0.447 e. The number of ether oxygens (including phenoxy) is 2. The van der Waals surface area contributed by atoms with Crippen molar-refractivity contribution in [3.05, 3.63) is 35.5 Å². The predicted octanol–water partition coefficient (Wildman–Crippen LogP) is 5.19. The third-order valence-electron chi connectivity index (χ3n) is 3.74. The van der Waals surface area contributed by atoms with Gasteiger partial charge in [-0.2, -0.15) is 0 Å². The van der Waals surface area contributed by atoms with E-state index in [0.29, 0.717) is 38.9 Å². The molecule has 3 aromatic rings. The lowest BCUT2D eigenvalue weighted by atomic mass is 10.2. The highest BCUT2D eigenvalue weighted by Crippen LogP contribution is 2.30. The van der Waals surface area contributed by atoms with E-state index in [0.717, 1.165) is 0 Å². The fraction of sp³-hybridized carbons (Fsp3) is 0.300. The Bertz CT molecular complexity index is 1080. The van der Waals surface area contributed by atoms with E-state index in [2.05, 4.69) is 25.6 Å². The Labute approximate surface area is 178 Å². The third-order valence-corrected chi connectivity index (χ3v) is 4.07. The van der Waals surface area contributed by atoms with Crippen molar-refractivity contribution >= 4 is 46.3 Å². The molecule has 3 rings (SSSR count). The molecule has 2 aromatic heterocycles. The summed E-state index contributed by atoms with van der Waals surface area (Å²) < 4.78 is 10.1. The number of nitrogens with one attached hydrogen (secondary N) is 3. The summed E-state index contributed by atoms with van der Waals surface area (Å²) in [5, 5.41) is 5.71. The molecule has 158 valence electrons. The van der Waals surface area contributed by atoms with Crippen LogP contribution in [0.25, 0.3) is 22.6 Å². The summed E-state index contributed by atoms with van der Waals surface area (Å²) in [6.07, 6.45) is -0.120. The number of carbonyl (C=O) groups is 2. The maximum Gasteiger partial charge on any atom is 0.411 e. The van der Waals surface area contributed by atoms with Crippen molar-refractivity contribution in [2.24, 2.45) is 0 Å².